The number of ether oxygens (including phenoxy) is 1. The molecule has 0 spiro atoms. The number of rotatable bonds is 8. The molecule has 0 heterocycles. The Hall–Kier alpha value is 0.0600. The van der Waals surface area contributed by atoms with E-state index in [0.717, 1.165) is 32.8 Å². The summed E-state index contributed by atoms with van der Waals surface area (Å²) in [5.41, 5.74) is 0. The third-order valence-electron chi connectivity index (χ3n) is 2.88. The number of halogens is 3. The molecular formula is C12H21F2IO2. The number of hydrogen-bond donors (Lipinski definition) is 0. The third-order valence-corrected chi connectivity index (χ3v) is 4.37. The first-order valence-electron chi connectivity index (χ1n) is 6.02. The van der Waals surface area contributed by atoms with Gasteiger partial charge in [0.05, 0.1) is 7.11 Å². The van der Waals surface area contributed by atoms with Crippen LogP contribution in [0.4, 0.5) is 8.78 Å². The summed E-state index contributed by atoms with van der Waals surface area (Å²) in [6.45, 7) is 3.76. The van der Waals surface area contributed by atoms with E-state index in [2.05, 4.69) is 11.7 Å². The van der Waals surface area contributed by atoms with Crippen molar-refractivity contribution < 1.29 is 18.3 Å². The summed E-state index contributed by atoms with van der Waals surface area (Å²) in [6, 6.07) is 0. The molecule has 0 fully saturated rings. The Labute approximate surface area is 116 Å². The van der Waals surface area contributed by atoms with E-state index in [-0.39, 0.29) is 10.3 Å². The lowest BCUT2D eigenvalue weighted by Gasteiger charge is -2.27. The molecule has 17 heavy (non-hydrogen) atoms. The van der Waals surface area contributed by atoms with Crippen molar-refractivity contribution >= 4 is 28.6 Å². The number of carbonyl (C=O) groups is 1. The average Bonchev–Trinajstić information content (AvgIpc) is 2.28. The number of methoxy groups -OCH3 is 1. The van der Waals surface area contributed by atoms with Gasteiger partial charge in [0.2, 0.25) is 0 Å². The van der Waals surface area contributed by atoms with E-state index in [4.69, 9.17) is 0 Å². The lowest BCUT2D eigenvalue weighted by Crippen LogP contribution is -2.42. The van der Waals surface area contributed by atoms with Crippen molar-refractivity contribution in [2.45, 2.75) is 55.8 Å². The Morgan fingerprint density at radius 1 is 1.35 bits per heavy atom. The second kappa shape index (κ2) is 8.21. The van der Waals surface area contributed by atoms with Gasteiger partial charge in [-0.15, -0.1) is 0 Å². The van der Waals surface area contributed by atoms with Crippen molar-refractivity contribution in [3.8, 4) is 0 Å². The van der Waals surface area contributed by atoms with Crippen LogP contribution in [0.2, 0.25) is 0 Å². The zero-order valence-electron chi connectivity index (χ0n) is 10.6. The van der Waals surface area contributed by atoms with E-state index in [0.29, 0.717) is 0 Å². The van der Waals surface area contributed by atoms with Gasteiger partial charge in [-0.2, -0.15) is 8.78 Å². The van der Waals surface area contributed by atoms with Crippen LogP contribution in [-0.4, -0.2) is 22.9 Å². The summed E-state index contributed by atoms with van der Waals surface area (Å²) < 4.78 is 31.5. The van der Waals surface area contributed by atoms with Crippen LogP contribution in [0.1, 0.15) is 46.0 Å². The maximum absolute atomic E-state index is 13.8. The highest BCUT2D eigenvalue weighted by Crippen LogP contribution is 2.36. The largest absolute Gasteiger partial charge is 0.465 e. The molecule has 2 nitrogen and oxygen atoms in total. The number of hydrogen-bond acceptors (Lipinski definition) is 2. The molecule has 0 bridgehead atoms. The van der Waals surface area contributed by atoms with Crippen molar-refractivity contribution in [3.63, 3.8) is 0 Å². The van der Waals surface area contributed by atoms with Crippen molar-refractivity contribution in [3.05, 3.63) is 0 Å². The molecule has 0 amide bonds. The van der Waals surface area contributed by atoms with E-state index in [1.807, 2.05) is 22.6 Å². The number of carbonyl (C=O) groups excluding carboxylic acids is 1. The lowest BCUT2D eigenvalue weighted by atomic mass is 9.92. The first-order valence-corrected chi connectivity index (χ1v) is 7.26. The van der Waals surface area contributed by atoms with Crippen LogP contribution in [0.5, 0.6) is 0 Å². The van der Waals surface area contributed by atoms with E-state index >= 15 is 0 Å². The Kier molecular flexibility index (Phi) is 8.24. The zero-order chi connectivity index (χ0) is 13.5. The van der Waals surface area contributed by atoms with Gasteiger partial charge in [-0.1, -0.05) is 55.7 Å². The Balaban J connectivity index is 4.53. The molecule has 0 saturated heterocycles. The predicted molar refractivity (Wildman–Crippen MR) is 72.7 cm³/mol. The molecule has 0 aromatic heterocycles. The van der Waals surface area contributed by atoms with Gasteiger partial charge in [-0.3, -0.25) is 0 Å². The first-order chi connectivity index (χ1) is 7.91. The summed E-state index contributed by atoms with van der Waals surface area (Å²) in [7, 11) is 1.00. The van der Waals surface area contributed by atoms with E-state index < -0.39 is 17.8 Å². The molecular weight excluding hydrogens is 341 g/mol. The van der Waals surface area contributed by atoms with Gasteiger partial charge in [-0.05, 0) is 12.8 Å². The summed E-state index contributed by atoms with van der Waals surface area (Å²) in [5, 5.41) is 0. The highest BCUT2D eigenvalue weighted by molar-refractivity contribution is 14.1. The summed E-state index contributed by atoms with van der Waals surface area (Å²) >= 11 is 2.03. The van der Waals surface area contributed by atoms with Gasteiger partial charge in [0.15, 0.2) is 0 Å². The van der Waals surface area contributed by atoms with Crippen molar-refractivity contribution in [2.75, 3.05) is 7.11 Å². The van der Waals surface area contributed by atoms with Crippen molar-refractivity contribution in [1.82, 2.24) is 0 Å². The molecule has 102 valence electrons. The fraction of sp³-hybridized carbons (Fsp3) is 0.917. The predicted octanol–water partition coefficient (Wildman–Crippen LogP) is 4.20. The van der Waals surface area contributed by atoms with E-state index in [9.17, 15) is 13.6 Å². The SMILES string of the molecule is CCCCCC(I)C(CC)C(F)(F)C(=O)OC. The fourth-order valence-electron chi connectivity index (χ4n) is 1.82. The summed E-state index contributed by atoms with van der Waals surface area (Å²) in [6.07, 6.45) is 4.03. The molecule has 0 rings (SSSR count). The van der Waals surface area contributed by atoms with Gasteiger partial charge in [0.1, 0.15) is 0 Å². The normalized spacial score (nSPS) is 15.4. The Bertz CT molecular complexity index is 235. The standard InChI is InChI=1S/C12H21F2IO2/c1-4-6-7-8-10(15)9(5-2)12(13,14)11(16)17-3/h9-10H,4-8H2,1-3H3. The topological polar surface area (TPSA) is 26.3 Å². The quantitative estimate of drug-likeness (QED) is 0.280. The smallest absolute Gasteiger partial charge is 0.377 e. The zero-order valence-corrected chi connectivity index (χ0v) is 12.8. The molecule has 0 aromatic carbocycles. The fourth-order valence-corrected chi connectivity index (χ4v) is 3.22. The van der Waals surface area contributed by atoms with Crippen LogP contribution < -0.4 is 0 Å². The van der Waals surface area contributed by atoms with Gasteiger partial charge >= 0.3 is 11.9 Å². The van der Waals surface area contributed by atoms with Crippen LogP contribution in [-0.2, 0) is 9.53 Å². The minimum absolute atomic E-state index is 0.196. The molecule has 0 aliphatic carbocycles. The molecule has 2 unspecified atom stereocenters. The molecule has 0 aliphatic heterocycles. The number of esters is 1. The van der Waals surface area contributed by atoms with Crippen LogP contribution in [0, 0.1) is 5.92 Å². The number of unbranched alkanes of at least 4 members (excludes halogenated alkanes) is 2. The monoisotopic (exact) mass is 362 g/mol. The maximum Gasteiger partial charge on any atom is 0.377 e. The Morgan fingerprint density at radius 3 is 2.35 bits per heavy atom. The molecule has 2 atom stereocenters. The Morgan fingerprint density at radius 2 is 1.94 bits per heavy atom. The van der Waals surface area contributed by atoms with Gasteiger partial charge < -0.3 is 4.74 Å². The summed E-state index contributed by atoms with van der Waals surface area (Å²) in [4.78, 5) is 11.1. The third kappa shape index (κ3) is 5.06. The van der Waals surface area contributed by atoms with Crippen LogP contribution in [0.15, 0.2) is 0 Å². The molecule has 0 radical (unpaired) electrons. The lowest BCUT2D eigenvalue weighted by molar-refractivity contribution is -0.177. The van der Waals surface area contributed by atoms with Crippen LogP contribution in [0.3, 0.4) is 0 Å². The highest BCUT2D eigenvalue weighted by atomic mass is 127. The minimum atomic E-state index is -3.37. The van der Waals surface area contributed by atoms with Gasteiger partial charge in [0.25, 0.3) is 0 Å². The van der Waals surface area contributed by atoms with Gasteiger partial charge in [-0.25, -0.2) is 4.79 Å². The molecule has 0 aliphatic rings. The van der Waals surface area contributed by atoms with Crippen molar-refractivity contribution in [2.24, 2.45) is 5.92 Å². The van der Waals surface area contributed by atoms with Crippen LogP contribution in [0.25, 0.3) is 0 Å². The molecule has 0 saturated carbocycles. The second-order valence-electron chi connectivity index (χ2n) is 4.14. The average molecular weight is 362 g/mol. The highest BCUT2D eigenvalue weighted by Gasteiger charge is 2.49. The second-order valence-corrected chi connectivity index (χ2v) is 5.74. The first kappa shape index (κ1) is 17.1. The molecule has 0 aromatic rings. The van der Waals surface area contributed by atoms with E-state index in [1.54, 1.807) is 6.92 Å². The van der Waals surface area contributed by atoms with Crippen LogP contribution >= 0.6 is 22.6 Å². The minimum Gasteiger partial charge on any atom is -0.465 e. The molecule has 5 heteroatoms. The number of alkyl halides is 3. The van der Waals surface area contributed by atoms with Gasteiger partial charge in [0, 0.05) is 9.84 Å². The summed E-state index contributed by atoms with van der Waals surface area (Å²) in [5.74, 6) is -5.73. The van der Waals surface area contributed by atoms with Crippen molar-refractivity contribution in [1.29, 1.82) is 0 Å². The molecule has 0 N–H and O–H groups in total. The maximum atomic E-state index is 13.8. The van der Waals surface area contributed by atoms with E-state index in [1.165, 1.54) is 0 Å².